The molecule has 1 fully saturated rings. The van der Waals surface area contributed by atoms with Crippen LogP contribution in [0.5, 0.6) is 0 Å². The number of carbonyl (C=O) groups excluding carboxylic acids is 1. The molecule has 17 heavy (non-hydrogen) atoms. The van der Waals surface area contributed by atoms with E-state index in [0.717, 1.165) is 29.7 Å². The maximum atomic E-state index is 12.1. The maximum absolute atomic E-state index is 12.1. The van der Waals surface area contributed by atoms with Gasteiger partial charge in [0.15, 0.2) is 0 Å². The van der Waals surface area contributed by atoms with Gasteiger partial charge in [0.1, 0.15) is 0 Å². The Balaban J connectivity index is 0.00000144. The van der Waals surface area contributed by atoms with Gasteiger partial charge < -0.3 is 10.2 Å². The van der Waals surface area contributed by atoms with Gasteiger partial charge in [-0.05, 0) is 31.2 Å². The molecule has 5 heteroatoms. The van der Waals surface area contributed by atoms with Gasteiger partial charge in [0, 0.05) is 35.7 Å². The number of nitrogens with one attached hydrogen (secondary N) is 1. The van der Waals surface area contributed by atoms with E-state index >= 15 is 0 Å². The van der Waals surface area contributed by atoms with Crippen molar-refractivity contribution in [2.24, 2.45) is 0 Å². The molecule has 1 atom stereocenters. The van der Waals surface area contributed by atoms with Gasteiger partial charge in [0.05, 0.1) is 0 Å². The summed E-state index contributed by atoms with van der Waals surface area (Å²) in [5, 5.41) is 3.33. The lowest BCUT2D eigenvalue weighted by molar-refractivity contribution is 0.0709. The summed E-state index contributed by atoms with van der Waals surface area (Å²) in [6.07, 6.45) is 0. The van der Waals surface area contributed by atoms with Crippen molar-refractivity contribution in [3.8, 4) is 0 Å². The van der Waals surface area contributed by atoms with E-state index in [-0.39, 0.29) is 18.3 Å². The fraction of sp³-hybridized carbons (Fsp3) is 0.417. The highest BCUT2D eigenvalue weighted by atomic mass is 79.9. The van der Waals surface area contributed by atoms with Gasteiger partial charge in [0.25, 0.3) is 5.91 Å². The molecule has 0 aliphatic carbocycles. The number of amides is 1. The molecule has 1 aliphatic rings. The molecule has 1 aliphatic heterocycles. The van der Waals surface area contributed by atoms with Gasteiger partial charge in [-0.2, -0.15) is 0 Å². The van der Waals surface area contributed by atoms with E-state index in [2.05, 4.69) is 28.2 Å². The van der Waals surface area contributed by atoms with Gasteiger partial charge in [0.2, 0.25) is 0 Å². The predicted octanol–water partition coefficient (Wildman–Crippen LogP) is 2.30. The SMILES string of the molecule is C[C@H]1CN(C(=O)c2ccc(Br)cc2)CCN1.Cl. The van der Waals surface area contributed by atoms with Crippen molar-refractivity contribution in [2.45, 2.75) is 13.0 Å². The molecule has 1 aromatic carbocycles. The Morgan fingerprint density at radius 2 is 2.06 bits per heavy atom. The second-order valence-electron chi connectivity index (χ2n) is 4.11. The zero-order valence-corrected chi connectivity index (χ0v) is 12.1. The van der Waals surface area contributed by atoms with Crippen LogP contribution in [0.15, 0.2) is 28.7 Å². The number of rotatable bonds is 1. The molecule has 3 nitrogen and oxygen atoms in total. The number of nitrogens with zero attached hydrogens (tertiary/aromatic N) is 1. The Morgan fingerprint density at radius 3 is 2.65 bits per heavy atom. The molecule has 0 radical (unpaired) electrons. The Bertz CT molecular complexity index is 383. The quantitative estimate of drug-likeness (QED) is 0.861. The molecule has 1 saturated heterocycles. The van der Waals surface area contributed by atoms with Crippen LogP contribution in [0, 0.1) is 0 Å². The predicted molar refractivity (Wildman–Crippen MR) is 74.8 cm³/mol. The molecule has 0 bridgehead atoms. The summed E-state index contributed by atoms with van der Waals surface area (Å²) in [5.41, 5.74) is 0.761. The van der Waals surface area contributed by atoms with Crippen LogP contribution in [0.4, 0.5) is 0 Å². The van der Waals surface area contributed by atoms with E-state index in [4.69, 9.17) is 0 Å². The van der Waals surface area contributed by atoms with E-state index in [1.807, 2.05) is 29.2 Å². The van der Waals surface area contributed by atoms with Crippen LogP contribution >= 0.6 is 28.3 Å². The van der Waals surface area contributed by atoms with Crippen molar-refractivity contribution in [3.05, 3.63) is 34.3 Å². The number of hydrogen-bond acceptors (Lipinski definition) is 2. The van der Waals surface area contributed by atoms with Crippen molar-refractivity contribution < 1.29 is 4.79 Å². The van der Waals surface area contributed by atoms with E-state index in [9.17, 15) is 4.79 Å². The maximum Gasteiger partial charge on any atom is 0.253 e. The average Bonchev–Trinajstić information content (AvgIpc) is 2.29. The minimum absolute atomic E-state index is 0. The lowest BCUT2D eigenvalue weighted by atomic mass is 10.1. The monoisotopic (exact) mass is 318 g/mol. The van der Waals surface area contributed by atoms with Crippen molar-refractivity contribution >= 4 is 34.2 Å². The number of halogens is 2. The molecule has 0 saturated carbocycles. The molecule has 0 aromatic heterocycles. The van der Waals surface area contributed by atoms with Crippen LogP contribution in [0.3, 0.4) is 0 Å². The number of hydrogen-bond donors (Lipinski definition) is 1. The van der Waals surface area contributed by atoms with Crippen LogP contribution in [0.25, 0.3) is 0 Å². The molecule has 94 valence electrons. The number of carbonyl (C=O) groups is 1. The highest BCUT2D eigenvalue weighted by molar-refractivity contribution is 9.10. The first-order valence-electron chi connectivity index (χ1n) is 5.45. The lowest BCUT2D eigenvalue weighted by Crippen LogP contribution is -2.51. The molecule has 0 spiro atoms. The Hall–Kier alpha value is -0.580. The van der Waals surface area contributed by atoms with Crippen molar-refractivity contribution in [1.82, 2.24) is 10.2 Å². The number of benzene rings is 1. The summed E-state index contributed by atoms with van der Waals surface area (Å²) < 4.78 is 0.998. The van der Waals surface area contributed by atoms with Gasteiger partial charge in [-0.1, -0.05) is 15.9 Å². The molecule has 1 amide bonds. The highest BCUT2D eigenvalue weighted by Crippen LogP contribution is 2.13. The summed E-state index contributed by atoms with van der Waals surface area (Å²) in [6.45, 7) is 4.55. The fourth-order valence-electron chi connectivity index (χ4n) is 1.89. The molecule has 1 aromatic rings. The van der Waals surface area contributed by atoms with Crippen LogP contribution in [-0.2, 0) is 0 Å². The summed E-state index contributed by atoms with van der Waals surface area (Å²) >= 11 is 3.37. The van der Waals surface area contributed by atoms with Crippen LogP contribution < -0.4 is 5.32 Å². The van der Waals surface area contributed by atoms with Crippen LogP contribution in [0.2, 0.25) is 0 Å². The fourth-order valence-corrected chi connectivity index (χ4v) is 2.16. The van der Waals surface area contributed by atoms with Gasteiger partial charge in [-0.15, -0.1) is 12.4 Å². The second kappa shape index (κ2) is 6.38. The highest BCUT2D eigenvalue weighted by Gasteiger charge is 2.21. The van der Waals surface area contributed by atoms with E-state index in [0.29, 0.717) is 6.04 Å². The molecule has 1 heterocycles. The van der Waals surface area contributed by atoms with E-state index in [1.165, 1.54) is 0 Å². The first kappa shape index (κ1) is 14.5. The minimum atomic E-state index is 0. The van der Waals surface area contributed by atoms with Gasteiger partial charge in [-0.25, -0.2) is 0 Å². The van der Waals surface area contributed by atoms with Crippen molar-refractivity contribution in [1.29, 1.82) is 0 Å². The first-order chi connectivity index (χ1) is 7.66. The Labute approximate surface area is 116 Å². The second-order valence-corrected chi connectivity index (χ2v) is 5.03. The summed E-state index contributed by atoms with van der Waals surface area (Å²) in [4.78, 5) is 14.0. The van der Waals surface area contributed by atoms with Crippen LogP contribution in [-0.4, -0.2) is 36.5 Å². The summed E-state index contributed by atoms with van der Waals surface area (Å²) in [6, 6.07) is 7.91. The van der Waals surface area contributed by atoms with Gasteiger partial charge >= 0.3 is 0 Å². The normalized spacial score (nSPS) is 19.6. The lowest BCUT2D eigenvalue weighted by Gasteiger charge is -2.31. The van der Waals surface area contributed by atoms with Gasteiger partial charge in [-0.3, -0.25) is 4.79 Å². The topological polar surface area (TPSA) is 32.3 Å². The molecule has 0 unspecified atom stereocenters. The number of piperazine rings is 1. The average molecular weight is 320 g/mol. The zero-order valence-electron chi connectivity index (χ0n) is 9.65. The van der Waals surface area contributed by atoms with E-state index in [1.54, 1.807) is 0 Å². The van der Waals surface area contributed by atoms with Crippen LogP contribution in [0.1, 0.15) is 17.3 Å². The van der Waals surface area contributed by atoms with Crippen molar-refractivity contribution in [2.75, 3.05) is 19.6 Å². The third-order valence-corrected chi connectivity index (χ3v) is 3.28. The summed E-state index contributed by atoms with van der Waals surface area (Å²) in [7, 11) is 0. The smallest absolute Gasteiger partial charge is 0.253 e. The Kier molecular flexibility index (Phi) is 5.43. The Morgan fingerprint density at radius 1 is 1.41 bits per heavy atom. The third kappa shape index (κ3) is 3.69. The largest absolute Gasteiger partial charge is 0.336 e. The first-order valence-corrected chi connectivity index (χ1v) is 6.24. The van der Waals surface area contributed by atoms with E-state index < -0.39 is 0 Å². The molecule has 1 N–H and O–H groups in total. The molecular formula is C12H16BrClN2O. The standard InChI is InChI=1S/C12H15BrN2O.ClH/c1-9-8-15(7-6-14-9)12(16)10-2-4-11(13)5-3-10;/h2-5,9,14H,6-8H2,1H3;1H/t9-;/m0./s1. The summed E-state index contributed by atoms with van der Waals surface area (Å²) in [5.74, 6) is 0.126. The minimum Gasteiger partial charge on any atom is -0.336 e. The molecular weight excluding hydrogens is 304 g/mol. The zero-order chi connectivity index (χ0) is 11.5. The van der Waals surface area contributed by atoms with Crippen molar-refractivity contribution in [3.63, 3.8) is 0 Å². The third-order valence-electron chi connectivity index (χ3n) is 2.75. The molecule has 2 rings (SSSR count).